The van der Waals surface area contributed by atoms with Gasteiger partial charge in [0, 0.05) is 42.8 Å². The third-order valence-corrected chi connectivity index (χ3v) is 8.16. The van der Waals surface area contributed by atoms with E-state index in [2.05, 4.69) is 5.32 Å². The van der Waals surface area contributed by atoms with Crippen molar-refractivity contribution in [2.24, 2.45) is 7.05 Å². The maximum atomic E-state index is 13.4. The minimum absolute atomic E-state index is 0.0961. The number of aryl methyl sites for hydroxylation is 2. The molecule has 2 aromatic heterocycles. The van der Waals surface area contributed by atoms with Crippen molar-refractivity contribution in [2.75, 3.05) is 27.8 Å². The number of halogens is 1. The van der Waals surface area contributed by atoms with Gasteiger partial charge in [-0.15, -0.1) is 11.3 Å². The number of carbonyl (C=O) groups excluding carboxylic acids is 1. The van der Waals surface area contributed by atoms with Crippen LogP contribution in [0.5, 0.6) is 11.5 Å². The number of hydrogen-bond donors (Lipinski definition) is 2. The summed E-state index contributed by atoms with van der Waals surface area (Å²) in [7, 11) is 6.86. The van der Waals surface area contributed by atoms with Crippen molar-refractivity contribution in [3.05, 3.63) is 91.0 Å². The van der Waals surface area contributed by atoms with Crippen LogP contribution in [0.3, 0.4) is 0 Å². The molecule has 39 heavy (non-hydrogen) atoms. The number of aliphatic hydroxyl groups excluding tert-OH is 1. The molecule has 2 heterocycles. The lowest BCUT2D eigenvalue weighted by molar-refractivity contribution is 0.0949. The van der Waals surface area contributed by atoms with Gasteiger partial charge in [0.1, 0.15) is 17.1 Å². The molecule has 0 spiro atoms. The molecule has 2 N–H and O–H groups in total. The molecule has 10 heteroatoms. The largest absolute Gasteiger partial charge is 0.496 e. The van der Waals surface area contributed by atoms with Gasteiger partial charge < -0.3 is 24.5 Å². The Morgan fingerprint density at radius 2 is 1.79 bits per heavy atom. The summed E-state index contributed by atoms with van der Waals surface area (Å²) in [6.07, 6.45) is 0.741. The van der Waals surface area contributed by atoms with Crippen molar-refractivity contribution in [3.8, 4) is 11.5 Å². The zero-order valence-electron chi connectivity index (χ0n) is 22.6. The van der Waals surface area contributed by atoms with Gasteiger partial charge in [-0.25, -0.2) is 0 Å². The molecule has 0 aliphatic rings. The second kappa shape index (κ2) is 12.2. The van der Waals surface area contributed by atoms with Gasteiger partial charge in [0.15, 0.2) is 0 Å². The van der Waals surface area contributed by atoms with Crippen molar-refractivity contribution in [1.82, 2.24) is 14.8 Å². The van der Waals surface area contributed by atoms with E-state index in [1.54, 1.807) is 44.7 Å². The van der Waals surface area contributed by atoms with E-state index in [-0.39, 0.29) is 17.5 Å². The van der Waals surface area contributed by atoms with Gasteiger partial charge >= 0.3 is 0 Å². The van der Waals surface area contributed by atoms with Gasteiger partial charge in [-0.3, -0.25) is 14.5 Å². The third-order valence-electron chi connectivity index (χ3n) is 6.65. The van der Waals surface area contributed by atoms with E-state index < -0.39 is 12.0 Å². The fourth-order valence-electron chi connectivity index (χ4n) is 4.67. The second-order valence-corrected chi connectivity index (χ2v) is 11.0. The number of rotatable bonds is 10. The van der Waals surface area contributed by atoms with Gasteiger partial charge in [0.05, 0.1) is 36.1 Å². The molecule has 0 bridgehead atoms. The maximum Gasteiger partial charge on any atom is 0.257 e. The summed E-state index contributed by atoms with van der Waals surface area (Å²) in [5.74, 6) is 0.683. The van der Waals surface area contributed by atoms with Crippen molar-refractivity contribution in [2.45, 2.75) is 26.1 Å². The second-order valence-electron chi connectivity index (χ2n) is 9.41. The van der Waals surface area contributed by atoms with Crippen LogP contribution < -0.4 is 20.2 Å². The molecule has 4 rings (SSSR count). The van der Waals surface area contributed by atoms with Crippen LogP contribution in [0, 0.1) is 6.92 Å². The average molecular weight is 570 g/mol. The summed E-state index contributed by atoms with van der Waals surface area (Å²) >= 11 is 7.31. The Hall–Kier alpha value is -3.37. The van der Waals surface area contributed by atoms with E-state index in [9.17, 15) is 14.7 Å². The normalized spacial score (nSPS) is 12.1. The summed E-state index contributed by atoms with van der Waals surface area (Å²) in [5.41, 5.74) is 3.05. The zero-order chi connectivity index (χ0) is 28.3. The minimum atomic E-state index is -0.849. The molecule has 8 nitrogen and oxygen atoms in total. The number of nitrogens with one attached hydrogen (secondary N) is 1. The van der Waals surface area contributed by atoms with Gasteiger partial charge in [-0.2, -0.15) is 0 Å². The average Bonchev–Trinajstić information content (AvgIpc) is 3.25. The molecule has 0 aliphatic carbocycles. The number of hydrogen-bond acceptors (Lipinski definition) is 7. The number of aromatic nitrogens is 1. The van der Waals surface area contributed by atoms with Gasteiger partial charge in [0.25, 0.3) is 5.91 Å². The molecular formula is C29H32ClN3O5S. The Morgan fingerprint density at radius 3 is 2.41 bits per heavy atom. The minimum Gasteiger partial charge on any atom is -0.496 e. The smallest absolute Gasteiger partial charge is 0.257 e. The number of aliphatic hydroxyl groups is 1. The van der Waals surface area contributed by atoms with Crippen molar-refractivity contribution in [1.29, 1.82) is 0 Å². The molecule has 0 radical (unpaired) electrons. The SMILES string of the molecule is COc1cccc(OC)c1C(O)CN(C)Cc1sc2c(=O)c(C(=O)NCc3ccc(Cl)cc3)cn(C)c2c1C. The number of fused-ring (bicyclic) bond motifs is 1. The number of pyridine rings is 1. The van der Waals surface area contributed by atoms with Gasteiger partial charge in [0.2, 0.25) is 5.43 Å². The maximum absolute atomic E-state index is 13.4. The molecule has 2 aromatic carbocycles. The summed E-state index contributed by atoms with van der Waals surface area (Å²) in [5, 5.41) is 14.5. The number of likely N-dealkylation sites (N-methyl/N-ethyl adjacent to an activating group) is 1. The van der Waals surface area contributed by atoms with E-state index >= 15 is 0 Å². The number of benzene rings is 2. The Bertz CT molecular complexity index is 1530. The Kier molecular flexibility index (Phi) is 8.97. The molecule has 4 aromatic rings. The van der Waals surface area contributed by atoms with Gasteiger partial charge in [-0.05, 0) is 49.4 Å². The van der Waals surface area contributed by atoms with Crippen LogP contribution in [0.2, 0.25) is 5.02 Å². The third kappa shape index (κ3) is 6.12. The highest BCUT2D eigenvalue weighted by atomic mass is 35.5. The fourth-order valence-corrected chi connectivity index (χ4v) is 6.17. The van der Waals surface area contributed by atoms with Crippen LogP contribution in [-0.2, 0) is 20.1 Å². The van der Waals surface area contributed by atoms with Crippen LogP contribution in [0.25, 0.3) is 10.2 Å². The first-order valence-electron chi connectivity index (χ1n) is 12.4. The summed E-state index contributed by atoms with van der Waals surface area (Å²) in [4.78, 5) is 29.3. The van der Waals surface area contributed by atoms with E-state index in [1.807, 2.05) is 48.7 Å². The predicted octanol–water partition coefficient (Wildman–Crippen LogP) is 4.67. The first-order valence-corrected chi connectivity index (χ1v) is 13.6. The zero-order valence-corrected chi connectivity index (χ0v) is 24.2. The monoisotopic (exact) mass is 569 g/mol. The first kappa shape index (κ1) is 28.6. The molecule has 1 atom stereocenters. The lowest BCUT2D eigenvalue weighted by atomic mass is 10.1. The van der Waals surface area contributed by atoms with Crippen LogP contribution in [0.4, 0.5) is 0 Å². The molecule has 0 fully saturated rings. The number of amides is 1. The summed E-state index contributed by atoms with van der Waals surface area (Å²) < 4.78 is 13.2. The number of thiophene rings is 1. The topological polar surface area (TPSA) is 93.0 Å². The molecule has 1 unspecified atom stereocenters. The van der Waals surface area contributed by atoms with Crippen molar-refractivity contribution in [3.63, 3.8) is 0 Å². The molecule has 0 saturated heterocycles. The summed E-state index contributed by atoms with van der Waals surface area (Å²) in [6, 6.07) is 12.6. The first-order chi connectivity index (χ1) is 18.6. The fraction of sp³-hybridized carbons (Fsp3) is 0.310. The Morgan fingerprint density at radius 1 is 1.15 bits per heavy atom. The Labute approximate surface area is 236 Å². The van der Waals surface area contributed by atoms with Crippen LogP contribution in [0.1, 0.15) is 38.0 Å². The standard InChI is InChI=1S/C29H32ClN3O5S/c1-17-24(16-32(2)15-21(34)25-22(37-4)7-6-8-23(25)38-5)39-28-26(17)33(3)14-20(27(28)35)29(36)31-13-18-9-11-19(30)12-10-18/h6-12,14,21,34H,13,15-16H2,1-5H3,(H,31,36). The molecule has 1 amide bonds. The quantitative estimate of drug-likeness (QED) is 0.288. The highest BCUT2D eigenvalue weighted by molar-refractivity contribution is 7.19. The lowest BCUT2D eigenvalue weighted by Gasteiger charge is -2.23. The van der Waals surface area contributed by atoms with Crippen molar-refractivity contribution >= 4 is 39.1 Å². The Balaban J connectivity index is 1.54. The number of carbonyl (C=O) groups is 1. The van der Waals surface area contributed by atoms with E-state index in [0.717, 1.165) is 21.5 Å². The number of methoxy groups -OCH3 is 2. The van der Waals surface area contributed by atoms with Gasteiger partial charge in [-0.1, -0.05) is 29.8 Å². The molecular weight excluding hydrogens is 538 g/mol. The van der Waals surface area contributed by atoms with E-state index in [1.165, 1.54) is 11.3 Å². The molecule has 0 aliphatic heterocycles. The lowest BCUT2D eigenvalue weighted by Crippen LogP contribution is -2.29. The van der Waals surface area contributed by atoms with Crippen LogP contribution in [-0.4, -0.2) is 48.3 Å². The van der Waals surface area contributed by atoms with Crippen LogP contribution in [0.15, 0.2) is 53.5 Å². The highest BCUT2D eigenvalue weighted by Gasteiger charge is 2.23. The number of ether oxygens (including phenoxy) is 2. The van der Waals surface area contributed by atoms with E-state index in [4.69, 9.17) is 21.1 Å². The summed E-state index contributed by atoms with van der Waals surface area (Å²) in [6.45, 7) is 3.09. The predicted molar refractivity (Wildman–Crippen MR) is 155 cm³/mol. The highest BCUT2D eigenvalue weighted by Crippen LogP contribution is 2.35. The molecule has 0 saturated carbocycles. The van der Waals surface area contributed by atoms with Crippen molar-refractivity contribution < 1.29 is 19.4 Å². The number of nitrogens with zero attached hydrogens (tertiary/aromatic N) is 2. The van der Waals surface area contributed by atoms with Crippen LogP contribution >= 0.6 is 22.9 Å². The van der Waals surface area contributed by atoms with E-state index in [0.29, 0.717) is 39.9 Å². The molecule has 206 valence electrons.